The van der Waals surface area contributed by atoms with Gasteiger partial charge in [-0.3, -0.25) is 0 Å². The van der Waals surface area contributed by atoms with E-state index in [1.165, 1.54) is 0 Å². The first-order valence-electron chi connectivity index (χ1n) is 6.29. The number of rotatable bonds is 4. The van der Waals surface area contributed by atoms with Crippen molar-refractivity contribution in [3.63, 3.8) is 0 Å². The van der Waals surface area contributed by atoms with E-state index in [0.717, 1.165) is 27.5 Å². The van der Waals surface area contributed by atoms with Crippen LogP contribution in [0, 0.1) is 6.92 Å². The number of hydrogen-bond acceptors (Lipinski definition) is 2. The summed E-state index contributed by atoms with van der Waals surface area (Å²) in [5, 5.41) is 0.720. The minimum Gasteiger partial charge on any atom is -0.489 e. The van der Waals surface area contributed by atoms with Crippen LogP contribution in [0.25, 0.3) is 0 Å². The van der Waals surface area contributed by atoms with Crippen molar-refractivity contribution in [2.75, 3.05) is 0 Å². The second-order valence-corrected chi connectivity index (χ2v) is 5.18. The number of aryl methyl sites for hydroxylation is 1. The molecule has 0 saturated carbocycles. The van der Waals surface area contributed by atoms with E-state index in [1.807, 2.05) is 56.3 Å². The quantitative estimate of drug-likeness (QED) is 0.905. The van der Waals surface area contributed by atoms with Crippen LogP contribution in [0.3, 0.4) is 0 Å². The van der Waals surface area contributed by atoms with Gasteiger partial charge in [-0.1, -0.05) is 35.9 Å². The number of halogens is 1. The zero-order valence-corrected chi connectivity index (χ0v) is 11.9. The predicted octanol–water partition coefficient (Wildman–Crippen LogP) is 4.25. The Labute approximate surface area is 119 Å². The highest BCUT2D eigenvalue weighted by Crippen LogP contribution is 2.26. The van der Waals surface area contributed by atoms with Crippen molar-refractivity contribution in [2.24, 2.45) is 5.73 Å². The molecule has 2 N–H and O–H groups in total. The lowest BCUT2D eigenvalue weighted by molar-refractivity contribution is 0.301. The van der Waals surface area contributed by atoms with Crippen molar-refractivity contribution >= 4 is 11.6 Å². The molecule has 0 unspecified atom stereocenters. The number of hydrogen-bond donors (Lipinski definition) is 1. The lowest BCUT2D eigenvalue weighted by Crippen LogP contribution is -2.08. The van der Waals surface area contributed by atoms with Gasteiger partial charge in [0.1, 0.15) is 12.4 Å². The molecule has 0 aromatic heterocycles. The van der Waals surface area contributed by atoms with E-state index >= 15 is 0 Å². The van der Waals surface area contributed by atoms with Crippen LogP contribution in [0.2, 0.25) is 5.02 Å². The van der Waals surface area contributed by atoms with Gasteiger partial charge in [0, 0.05) is 16.6 Å². The topological polar surface area (TPSA) is 35.2 Å². The third-order valence-corrected chi connectivity index (χ3v) is 3.18. The van der Waals surface area contributed by atoms with Crippen LogP contribution in [0.5, 0.6) is 5.75 Å². The number of nitrogens with two attached hydrogens (primary N) is 1. The van der Waals surface area contributed by atoms with Crippen LogP contribution in [-0.2, 0) is 6.61 Å². The van der Waals surface area contributed by atoms with Crippen LogP contribution in [0.15, 0.2) is 42.5 Å². The van der Waals surface area contributed by atoms with Gasteiger partial charge < -0.3 is 10.5 Å². The molecule has 0 amide bonds. The lowest BCUT2D eigenvalue weighted by Gasteiger charge is -2.15. The third-order valence-electron chi connectivity index (χ3n) is 2.94. The first-order valence-corrected chi connectivity index (χ1v) is 6.67. The highest BCUT2D eigenvalue weighted by atomic mass is 35.5. The largest absolute Gasteiger partial charge is 0.489 e. The normalized spacial score (nSPS) is 12.2. The minimum atomic E-state index is -0.0463. The van der Waals surface area contributed by atoms with Crippen LogP contribution in [0.1, 0.15) is 29.7 Å². The molecule has 2 aromatic rings. The molecule has 100 valence electrons. The van der Waals surface area contributed by atoms with Crippen molar-refractivity contribution in [1.82, 2.24) is 0 Å². The molecule has 0 aliphatic heterocycles. The molecule has 0 saturated heterocycles. The Hall–Kier alpha value is -1.51. The van der Waals surface area contributed by atoms with Gasteiger partial charge in [0.25, 0.3) is 0 Å². The maximum atomic E-state index is 5.96. The average molecular weight is 276 g/mol. The molecule has 0 fully saturated rings. The molecule has 0 radical (unpaired) electrons. The maximum absolute atomic E-state index is 5.96. The fourth-order valence-corrected chi connectivity index (χ4v) is 2.14. The molecular formula is C16H18ClNO. The van der Waals surface area contributed by atoms with E-state index in [9.17, 15) is 0 Å². The van der Waals surface area contributed by atoms with Crippen molar-refractivity contribution < 1.29 is 4.74 Å². The Morgan fingerprint density at radius 2 is 2.00 bits per heavy atom. The van der Waals surface area contributed by atoms with E-state index in [0.29, 0.717) is 6.61 Å². The summed E-state index contributed by atoms with van der Waals surface area (Å²) in [5.41, 5.74) is 9.18. The molecule has 3 heteroatoms. The summed E-state index contributed by atoms with van der Waals surface area (Å²) in [6.07, 6.45) is 0. The molecule has 19 heavy (non-hydrogen) atoms. The predicted molar refractivity (Wildman–Crippen MR) is 79.6 cm³/mol. The molecule has 0 heterocycles. The molecule has 0 bridgehead atoms. The first-order chi connectivity index (χ1) is 9.06. The molecule has 1 atom stereocenters. The molecule has 0 aliphatic rings. The van der Waals surface area contributed by atoms with Crippen LogP contribution < -0.4 is 10.5 Å². The van der Waals surface area contributed by atoms with Gasteiger partial charge in [0.2, 0.25) is 0 Å². The molecule has 2 aromatic carbocycles. The maximum Gasteiger partial charge on any atom is 0.124 e. The monoisotopic (exact) mass is 275 g/mol. The van der Waals surface area contributed by atoms with Crippen molar-refractivity contribution in [1.29, 1.82) is 0 Å². The van der Waals surface area contributed by atoms with Gasteiger partial charge in [-0.2, -0.15) is 0 Å². The van der Waals surface area contributed by atoms with Crippen LogP contribution in [0.4, 0.5) is 0 Å². The van der Waals surface area contributed by atoms with E-state index < -0.39 is 0 Å². The Bertz CT molecular complexity index is 566. The van der Waals surface area contributed by atoms with Crippen LogP contribution in [-0.4, -0.2) is 0 Å². The van der Waals surface area contributed by atoms with Crippen molar-refractivity contribution in [3.05, 3.63) is 64.2 Å². The van der Waals surface area contributed by atoms with Crippen molar-refractivity contribution in [3.8, 4) is 5.75 Å². The highest BCUT2D eigenvalue weighted by Gasteiger charge is 2.08. The summed E-state index contributed by atoms with van der Waals surface area (Å²) >= 11 is 5.96. The van der Waals surface area contributed by atoms with Gasteiger partial charge in [0.15, 0.2) is 0 Å². The van der Waals surface area contributed by atoms with Gasteiger partial charge in [0.05, 0.1) is 0 Å². The average Bonchev–Trinajstić information content (AvgIpc) is 2.36. The van der Waals surface area contributed by atoms with Gasteiger partial charge in [-0.05, 0) is 43.2 Å². The van der Waals surface area contributed by atoms with Gasteiger partial charge in [-0.15, -0.1) is 0 Å². The van der Waals surface area contributed by atoms with E-state index in [1.54, 1.807) is 0 Å². The highest BCUT2D eigenvalue weighted by molar-refractivity contribution is 6.30. The summed E-state index contributed by atoms with van der Waals surface area (Å²) in [6, 6.07) is 13.7. The van der Waals surface area contributed by atoms with Gasteiger partial charge in [-0.25, -0.2) is 0 Å². The number of ether oxygens (including phenoxy) is 1. The summed E-state index contributed by atoms with van der Waals surface area (Å²) in [6.45, 7) is 4.48. The molecule has 0 spiro atoms. The first kappa shape index (κ1) is 13.9. The summed E-state index contributed by atoms with van der Waals surface area (Å²) in [5.74, 6) is 0.843. The third kappa shape index (κ3) is 3.72. The zero-order chi connectivity index (χ0) is 13.8. The molecule has 2 nitrogen and oxygen atoms in total. The lowest BCUT2D eigenvalue weighted by atomic mass is 10.1. The summed E-state index contributed by atoms with van der Waals surface area (Å²) in [7, 11) is 0. The number of benzene rings is 2. The van der Waals surface area contributed by atoms with E-state index in [2.05, 4.69) is 0 Å². The standard InChI is InChI=1S/C16H18ClNO/c1-11-6-7-15(12(2)18)16(8-11)19-10-13-4-3-5-14(17)9-13/h3-9,12H,10,18H2,1-2H3/t12-/m1/s1. The van der Waals surface area contributed by atoms with Crippen LogP contribution >= 0.6 is 11.6 Å². The smallest absolute Gasteiger partial charge is 0.124 e. The minimum absolute atomic E-state index is 0.0463. The fourth-order valence-electron chi connectivity index (χ4n) is 1.93. The Balaban J connectivity index is 2.17. The summed E-state index contributed by atoms with van der Waals surface area (Å²) < 4.78 is 5.88. The Kier molecular flexibility index (Phi) is 4.46. The Morgan fingerprint density at radius 1 is 1.21 bits per heavy atom. The molecular weight excluding hydrogens is 258 g/mol. The summed E-state index contributed by atoms with van der Waals surface area (Å²) in [4.78, 5) is 0. The SMILES string of the molecule is Cc1ccc([C@@H](C)N)c(OCc2cccc(Cl)c2)c1. The van der Waals surface area contributed by atoms with E-state index in [-0.39, 0.29) is 6.04 Å². The van der Waals surface area contributed by atoms with E-state index in [4.69, 9.17) is 22.1 Å². The fraction of sp³-hybridized carbons (Fsp3) is 0.250. The second-order valence-electron chi connectivity index (χ2n) is 4.75. The van der Waals surface area contributed by atoms with Crippen molar-refractivity contribution in [2.45, 2.75) is 26.5 Å². The zero-order valence-electron chi connectivity index (χ0n) is 11.2. The molecule has 2 rings (SSSR count). The second kappa shape index (κ2) is 6.09. The van der Waals surface area contributed by atoms with Gasteiger partial charge >= 0.3 is 0 Å². The molecule has 0 aliphatic carbocycles. The Morgan fingerprint density at radius 3 is 2.68 bits per heavy atom.